The lowest BCUT2D eigenvalue weighted by Gasteiger charge is -2.28. The number of cyclic esters (lactones) is 1. The van der Waals surface area contributed by atoms with Crippen molar-refractivity contribution in [2.45, 2.75) is 39.7 Å². The number of carbonyl (C=O) groups is 3. The Morgan fingerprint density at radius 3 is 2.33 bits per heavy atom. The summed E-state index contributed by atoms with van der Waals surface area (Å²) < 4.78 is 10.6. The van der Waals surface area contributed by atoms with Crippen LogP contribution in [0.25, 0.3) is 0 Å². The molecule has 0 aromatic heterocycles. The molecule has 3 rings (SSSR count). The Morgan fingerprint density at radius 1 is 1.17 bits per heavy atom. The van der Waals surface area contributed by atoms with Crippen molar-refractivity contribution in [3.63, 3.8) is 0 Å². The van der Waals surface area contributed by atoms with Crippen molar-refractivity contribution in [3.8, 4) is 0 Å². The molecule has 2 aliphatic rings. The van der Waals surface area contributed by atoms with Crippen LogP contribution in [-0.2, 0) is 19.1 Å². The van der Waals surface area contributed by atoms with Gasteiger partial charge in [-0.1, -0.05) is 37.3 Å². The Labute approximate surface area is 141 Å². The summed E-state index contributed by atoms with van der Waals surface area (Å²) in [6.07, 6.45) is 0.378. The normalized spacial score (nSPS) is 32.7. The zero-order valence-corrected chi connectivity index (χ0v) is 14.4. The number of Topliss-reactive ketones (excluding diaryl/α,β-unsaturated/α-hetero) is 1. The molecule has 0 radical (unpaired) electrons. The van der Waals surface area contributed by atoms with E-state index in [2.05, 4.69) is 0 Å². The van der Waals surface area contributed by atoms with E-state index in [9.17, 15) is 14.4 Å². The van der Waals surface area contributed by atoms with Crippen LogP contribution in [0.2, 0.25) is 0 Å². The molecule has 3 atom stereocenters. The van der Waals surface area contributed by atoms with Crippen molar-refractivity contribution >= 4 is 17.7 Å². The number of fused-ring (bicyclic) bond motifs is 1. The van der Waals surface area contributed by atoms with Gasteiger partial charge >= 0.3 is 11.9 Å². The number of ether oxygens (including phenoxy) is 2. The monoisotopic (exact) mass is 330 g/mol. The van der Waals surface area contributed by atoms with E-state index in [1.54, 1.807) is 45.0 Å². The van der Waals surface area contributed by atoms with Gasteiger partial charge in [0.2, 0.25) is 0 Å². The molecule has 1 aromatic carbocycles. The second kappa shape index (κ2) is 5.16. The Hall–Kier alpha value is -2.17. The van der Waals surface area contributed by atoms with E-state index in [0.29, 0.717) is 12.0 Å². The molecule has 0 unspecified atom stereocenters. The van der Waals surface area contributed by atoms with Gasteiger partial charge in [-0.05, 0) is 27.2 Å². The van der Waals surface area contributed by atoms with E-state index in [0.717, 1.165) is 0 Å². The van der Waals surface area contributed by atoms with E-state index in [4.69, 9.17) is 9.47 Å². The Balaban J connectivity index is 2.15. The summed E-state index contributed by atoms with van der Waals surface area (Å²) >= 11 is 0. The summed E-state index contributed by atoms with van der Waals surface area (Å²) in [7, 11) is 0. The van der Waals surface area contributed by atoms with Crippen LogP contribution in [0.3, 0.4) is 0 Å². The van der Waals surface area contributed by atoms with Crippen molar-refractivity contribution in [2.75, 3.05) is 6.61 Å². The molecule has 5 nitrogen and oxygen atoms in total. The molecule has 2 fully saturated rings. The van der Waals surface area contributed by atoms with Gasteiger partial charge < -0.3 is 9.47 Å². The van der Waals surface area contributed by atoms with Crippen LogP contribution in [-0.4, -0.2) is 29.9 Å². The highest BCUT2D eigenvalue weighted by molar-refractivity contribution is 6.19. The fourth-order valence-electron chi connectivity index (χ4n) is 4.76. The third-order valence-electron chi connectivity index (χ3n) is 5.52. The third-order valence-corrected chi connectivity index (χ3v) is 5.52. The summed E-state index contributed by atoms with van der Waals surface area (Å²) in [4.78, 5) is 38.8. The van der Waals surface area contributed by atoms with Gasteiger partial charge in [0.1, 0.15) is 5.60 Å². The van der Waals surface area contributed by atoms with Gasteiger partial charge in [0, 0.05) is 11.5 Å². The molecule has 0 spiro atoms. The van der Waals surface area contributed by atoms with Gasteiger partial charge in [-0.25, -0.2) is 0 Å². The van der Waals surface area contributed by atoms with Gasteiger partial charge in [0.15, 0.2) is 11.2 Å². The Kier molecular flexibility index (Phi) is 3.59. The molecule has 1 saturated heterocycles. The number of carbonyl (C=O) groups excluding carboxylic acids is 3. The van der Waals surface area contributed by atoms with Gasteiger partial charge in [0.05, 0.1) is 12.0 Å². The summed E-state index contributed by atoms with van der Waals surface area (Å²) in [6.45, 7) is 7.19. The van der Waals surface area contributed by atoms with Crippen LogP contribution in [0.15, 0.2) is 30.3 Å². The van der Waals surface area contributed by atoms with Crippen molar-refractivity contribution in [2.24, 2.45) is 16.7 Å². The number of rotatable bonds is 5. The maximum Gasteiger partial charge on any atom is 0.325 e. The SMILES string of the molecule is CCOC(=O)[C@@]12C(=O)OC(C)(C)[C@H]1[C@@]2(CC)C(=O)c1ccccc1. The van der Waals surface area contributed by atoms with Gasteiger partial charge in [-0.2, -0.15) is 0 Å². The molecule has 1 aliphatic carbocycles. The zero-order valence-electron chi connectivity index (χ0n) is 14.4. The van der Waals surface area contributed by atoms with Crippen LogP contribution in [0.4, 0.5) is 0 Å². The molecule has 128 valence electrons. The highest BCUT2D eigenvalue weighted by atomic mass is 16.6. The second-order valence-corrected chi connectivity index (χ2v) is 6.97. The summed E-state index contributed by atoms with van der Waals surface area (Å²) in [5.41, 5.74) is -3.00. The molecular weight excluding hydrogens is 308 g/mol. The topological polar surface area (TPSA) is 69.7 Å². The lowest BCUT2D eigenvalue weighted by Crippen LogP contribution is -2.40. The predicted molar refractivity (Wildman–Crippen MR) is 86.2 cm³/mol. The first-order valence-electron chi connectivity index (χ1n) is 8.31. The lowest BCUT2D eigenvalue weighted by atomic mass is 9.81. The molecule has 0 N–H and O–H groups in total. The molecule has 24 heavy (non-hydrogen) atoms. The molecule has 1 aliphatic heterocycles. The summed E-state index contributed by atoms with van der Waals surface area (Å²) in [6, 6.07) is 8.79. The standard InChI is InChI=1S/C19H22O5/c1-5-18(13(20)12-10-8-7-9-11-12)14-17(3,4)24-16(22)19(14,18)15(21)23-6-2/h7-11,14H,5-6H2,1-4H3/t14-,18+,19+/m0/s1. The first kappa shape index (κ1) is 16.7. The first-order chi connectivity index (χ1) is 11.3. The predicted octanol–water partition coefficient (Wildman–Crippen LogP) is 2.78. The van der Waals surface area contributed by atoms with Gasteiger partial charge in [-0.3, -0.25) is 14.4 Å². The zero-order chi connectivity index (χ0) is 17.8. The fraction of sp³-hybridized carbons (Fsp3) is 0.526. The van der Waals surface area contributed by atoms with E-state index in [1.807, 2.05) is 13.0 Å². The fourth-order valence-corrected chi connectivity index (χ4v) is 4.76. The average molecular weight is 330 g/mol. The van der Waals surface area contributed by atoms with E-state index < -0.39 is 34.3 Å². The van der Waals surface area contributed by atoms with Crippen molar-refractivity contribution < 1.29 is 23.9 Å². The minimum atomic E-state index is -1.52. The van der Waals surface area contributed by atoms with E-state index in [-0.39, 0.29) is 12.4 Å². The summed E-state index contributed by atoms with van der Waals surface area (Å²) in [5.74, 6) is -1.98. The van der Waals surface area contributed by atoms with Crippen LogP contribution >= 0.6 is 0 Å². The number of hydrogen-bond donors (Lipinski definition) is 0. The van der Waals surface area contributed by atoms with Crippen molar-refractivity contribution in [1.29, 1.82) is 0 Å². The second-order valence-electron chi connectivity index (χ2n) is 6.97. The number of benzene rings is 1. The smallest absolute Gasteiger partial charge is 0.325 e. The number of ketones is 1. The van der Waals surface area contributed by atoms with Crippen LogP contribution in [0.5, 0.6) is 0 Å². The van der Waals surface area contributed by atoms with Gasteiger partial charge in [0.25, 0.3) is 0 Å². The minimum absolute atomic E-state index is 0.153. The molecular formula is C19H22O5. The Morgan fingerprint density at radius 2 is 1.79 bits per heavy atom. The average Bonchev–Trinajstić information content (AvgIpc) is 3.15. The molecule has 1 heterocycles. The summed E-state index contributed by atoms with van der Waals surface area (Å²) in [5, 5.41) is 0. The largest absolute Gasteiger partial charge is 0.465 e. The van der Waals surface area contributed by atoms with E-state index in [1.165, 1.54) is 0 Å². The van der Waals surface area contributed by atoms with Crippen LogP contribution in [0, 0.1) is 16.7 Å². The maximum absolute atomic E-state index is 13.3. The van der Waals surface area contributed by atoms with Crippen molar-refractivity contribution in [1.82, 2.24) is 0 Å². The molecule has 1 saturated carbocycles. The molecule has 1 aromatic rings. The highest BCUT2D eigenvalue weighted by Gasteiger charge is 2.95. The number of hydrogen-bond acceptors (Lipinski definition) is 5. The molecule has 5 heteroatoms. The number of esters is 2. The maximum atomic E-state index is 13.3. The molecule has 0 amide bonds. The molecule has 0 bridgehead atoms. The van der Waals surface area contributed by atoms with E-state index >= 15 is 0 Å². The quantitative estimate of drug-likeness (QED) is 0.472. The van der Waals surface area contributed by atoms with Crippen molar-refractivity contribution in [3.05, 3.63) is 35.9 Å². The van der Waals surface area contributed by atoms with Crippen LogP contribution < -0.4 is 0 Å². The third kappa shape index (κ3) is 1.73. The van der Waals surface area contributed by atoms with Gasteiger partial charge in [-0.15, -0.1) is 0 Å². The highest BCUT2D eigenvalue weighted by Crippen LogP contribution is 2.80. The first-order valence-corrected chi connectivity index (χ1v) is 8.31. The van der Waals surface area contributed by atoms with Crippen LogP contribution in [0.1, 0.15) is 44.5 Å². The minimum Gasteiger partial charge on any atom is -0.465 e. The lowest BCUT2D eigenvalue weighted by molar-refractivity contribution is -0.166. The Bertz CT molecular complexity index is 708.